The molecule has 42 heavy (non-hydrogen) atoms. The number of piperidine rings is 1. The van der Waals surface area contributed by atoms with Crippen LogP contribution in [0.4, 0.5) is 10.1 Å². The van der Waals surface area contributed by atoms with Gasteiger partial charge in [0.2, 0.25) is 5.91 Å². The van der Waals surface area contributed by atoms with Gasteiger partial charge in [-0.2, -0.15) is 0 Å². The number of carbonyl (C=O) groups is 3. The number of benzene rings is 3. The van der Waals surface area contributed by atoms with Crippen molar-refractivity contribution in [3.05, 3.63) is 89.7 Å². The maximum Gasteiger partial charge on any atom is 0.256 e. The monoisotopic (exact) mass is 574 g/mol. The van der Waals surface area contributed by atoms with Crippen molar-refractivity contribution >= 4 is 23.4 Å². The molecule has 2 fully saturated rings. The van der Waals surface area contributed by atoms with Crippen molar-refractivity contribution in [1.82, 2.24) is 15.1 Å². The van der Waals surface area contributed by atoms with Gasteiger partial charge in [-0.25, -0.2) is 4.39 Å². The summed E-state index contributed by atoms with van der Waals surface area (Å²) in [6.45, 7) is 1.18. The van der Waals surface area contributed by atoms with Crippen LogP contribution in [-0.2, 0) is 16.0 Å². The van der Waals surface area contributed by atoms with Crippen molar-refractivity contribution in [3.8, 4) is 11.5 Å². The smallest absolute Gasteiger partial charge is 0.256 e. The molecular weight excluding hydrogens is 539 g/mol. The lowest BCUT2D eigenvalue weighted by Gasteiger charge is -2.43. The minimum Gasteiger partial charge on any atom is -0.493 e. The first-order chi connectivity index (χ1) is 20.4. The van der Waals surface area contributed by atoms with Gasteiger partial charge in [0.25, 0.3) is 11.8 Å². The third-order valence-corrected chi connectivity index (χ3v) is 8.08. The zero-order valence-electron chi connectivity index (χ0n) is 23.8. The molecule has 0 bridgehead atoms. The Morgan fingerprint density at radius 3 is 2.31 bits per heavy atom. The van der Waals surface area contributed by atoms with Crippen LogP contribution >= 0.6 is 0 Å². The van der Waals surface area contributed by atoms with E-state index >= 15 is 0 Å². The molecule has 2 saturated heterocycles. The number of methoxy groups -OCH3 is 2. The van der Waals surface area contributed by atoms with Gasteiger partial charge in [0, 0.05) is 25.3 Å². The predicted molar refractivity (Wildman–Crippen MR) is 156 cm³/mol. The highest BCUT2D eigenvalue weighted by molar-refractivity contribution is 5.97. The quantitative estimate of drug-likeness (QED) is 0.421. The van der Waals surface area contributed by atoms with E-state index in [-0.39, 0.29) is 36.5 Å². The molecule has 3 aromatic carbocycles. The molecular formula is C32H35FN4O5. The van der Waals surface area contributed by atoms with Crippen LogP contribution in [0.5, 0.6) is 11.5 Å². The molecule has 0 atom stereocenters. The molecule has 1 spiro atoms. The summed E-state index contributed by atoms with van der Waals surface area (Å²) in [4.78, 5) is 45.2. The topological polar surface area (TPSA) is 91.4 Å². The summed E-state index contributed by atoms with van der Waals surface area (Å²) < 4.78 is 24.9. The van der Waals surface area contributed by atoms with Crippen molar-refractivity contribution in [2.45, 2.75) is 24.8 Å². The number of hydrogen-bond acceptors (Lipinski definition) is 6. The largest absolute Gasteiger partial charge is 0.493 e. The summed E-state index contributed by atoms with van der Waals surface area (Å²) in [5.74, 6) is -0.0751. The SMILES string of the molecule is COc1ccc(CCNC(=O)CN2CN(c3ccccc3)C3(CCN(C(=O)c4ccccc4F)CC3)C2=O)cc1OC. The first-order valence-corrected chi connectivity index (χ1v) is 14.0. The van der Waals surface area contributed by atoms with Crippen LogP contribution in [0.15, 0.2) is 72.8 Å². The molecule has 3 amide bonds. The number of amides is 3. The molecule has 2 aliphatic heterocycles. The van der Waals surface area contributed by atoms with E-state index in [0.29, 0.717) is 50.4 Å². The molecule has 0 radical (unpaired) electrons. The Hall–Kier alpha value is -4.60. The molecule has 2 heterocycles. The van der Waals surface area contributed by atoms with Gasteiger partial charge in [0.1, 0.15) is 17.9 Å². The minimum absolute atomic E-state index is 0.0255. The zero-order valence-corrected chi connectivity index (χ0v) is 23.8. The first kappa shape index (κ1) is 28.9. The summed E-state index contributed by atoms with van der Waals surface area (Å²) >= 11 is 0. The average molecular weight is 575 g/mol. The Balaban J connectivity index is 1.25. The van der Waals surface area contributed by atoms with Crippen LogP contribution in [0, 0.1) is 5.82 Å². The van der Waals surface area contributed by atoms with Gasteiger partial charge in [0.15, 0.2) is 11.5 Å². The van der Waals surface area contributed by atoms with Crippen molar-refractivity contribution in [2.24, 2.45) is 0 Å². The molecule has 0 saturated carbocycles. The van der Waals surface area contributed by atoms with E-state index in [4.69, 9.17) is 9.47 Å². The Bertz CT molecular complexity index is 1440. The second-order valence-electron chi connectivity index (χ2n) is 10.5. The van der Waals surface area contributed by atoms with Crippen LogP contribution in [-0.4, -0.2) is 80.1 Å². The molecule has 3 aromatic rings. The van der Waals surface area contributed by atoms with Crippen molar-refractivity contribution in [3.63, 3.8) is 0 Å². The Morgan fingerprint density at radius 2 is 1.62 bits per heavy atom. The van der Waals surface area contributed by atoms with E-state index in [1.54, 1.807) is 36.2 Å². The van der Waals surface area contributed by atoms with Crippen molar-refractivity contribution in [2.75, 3.05) is 52.0 Å². The molecule has 0 aromatic heterocycles. The van der Waals surface area contributed by atoms with E-state index in [1.807, 2.05) is 53.4 Å². The first-order valence-electron chi connectivity index (χ1n) is 14.0. The predicted octanol–water partition coefficient (Wildman–Crippen LogP) is 3.48. The van der Waals surface area contributed by atoms with E-state index in [2.05, 4.69) is 5.32 Å². The molecule has 0 aliphatic carbocycles. The second kappa shape index (κ2) is 12.5. The molecule has 2 aliphatic rings. The normalized spacial score (nSPS) is 16.1. The molecule has 10 heteroatoms. The standard InChI is InChI=1S/C32H35FN4O5/c1-41-27-13-12-23(20-28(27)42-2)14-17-34-29(38)21-36-22-37(24-8-4-3-5-9-24)32(31(36)40)15-18-35(19-16-32)30(39)25-10-6-7-11-26(25)33/h3-13,20H,14-19,21-22H2,1-2H3,(H,34,38). The summed E-state index contributed by atoms with van der Waals surface area (Å²) in [6, 6.07) is 21.2. The van der Waals surface area contributed by atoms with Crippen LogP contribution in [0.2, 0.25) is 0 Å². The van der Waals surface area contributed by atoms with Gasteiger partial charge >= 0.3 is 0 Å². The average Bonchev–Trinajstić information content (AvgIpc) is 3.27. The Labute approximate surface area is 244 Å². The summed E-state index contributed by atoms with van der Waals surface area (Å²) in [5, 5.41) is 2.92. The second-order valence-corrected chi connectivity index (χ2v) is 10.5. The molecule has 5 rings (SSSR count). The van der Waals surface area contributed by atoms with E-state index < -0.39 is 11.4 Å². The highest BCUT2D eigenvalue weighted by atomic mass is 19.1. The van der Waals surface area contributed by atoms with Gasteiger partial charge < -0.3 is 29.5 Å². The lowest BCUT2D eigenvalue weighted by Crippen LogP contribution is -2.57. The van der Waals surface area contributed by atoms with Crippen LogP contribution < -0.4 is 19.7 Å². The summed E-state index contributed by atoms with van der Waals surface area (Å²) in [5.41, 5.74) is 0.984. The Morgan fingerprint density at radius 1 is 0.929 bits per heavy atom. The maximum atomic E-state index is 14.3. The van der Waals surface area contributed by atoms with Crippen LogP contribution in [0.1, 0.15) is 28.8 Å². The number of nitrogens with zero attached hydrogens (tertiary/aromatic N) is 3. The van der Waals surface area contributed by atoms with Crippen molar-refractivity contribution < 1.29 is 28.2 Å². The number of likely N-dealkylation sites (tertiary alicyclic amines) is 1. The lowest BCUT2D eigenvalue weighted by molar-refractivity contribution is -0.137. The highest BCUT2D eigenvalue weighted by Crippen LogP contribution is 2.39. The Kier molecular flexibility index (Phi) is 8.61. The lowest BCUT2D eigenvalue weighted by atomic mass is 9.85. The van der Waals surface area contributed by atoms with Crippen molar-refractivity contribution in [1.29, 1.82) is 0 Å². The maximum absolute atomic E-state index is 14.3. The van der Waals surface area contributed by atoms with E-state index in [1.165, 1.54) is 12.1 Å². The highest BCUT2D eigenvalue weighted by Gasteiger charge is 2.54. The zero-order chi connectivity index (χ0) is 29.7. The fraction of sp³-hybridized carbons (Fsp3) is 0.344. The summed E-state index contributed by atoms with van der Waals surface area (Å²) in [6.07, 6.45) is 1.34. The third-order valence-electron chi connectivity index (χ3n) is 8.08. The van der Waals surface area contributed by atoms with E-state index in [9.17, 15) is 18.8 Å². The van der Waals surface area contributed by atoms with Gasteiger partial charge in [-0.05, 0) is 61.2 Å². The number of nitrogens with one attached hydrogen (secondary N) is 1. The van der Waals surface area contributed by atoms with Gasteiger partial charge in [-0.15, -0.1) is 0 Å². The minimum atomic E-state index is -0.896. The number of hydrogen-bond donors (Lipinski definition) is 1. The van der Waals surface area contributed by atoms with Gasteiger partial charge in [0.05, 0.1) is 26.5 Å². The number of halogens is 1. The number of para-hydroxylation sites is 1. The van der Waals surface area contributed by atoms with Gasteiger partial charge in [-0.1, -0.05) is 36.4 Å². The summed E-state index contributed by atoms with van der Waals surface area (Å²) in [7, 11) is 3.15. The van der Waals surface area contributed by atoms with Gasteiger partial charge in [-0.3, -0.25) is 14.4 Å². The third kappa shape index (κ3) is 5.74. The van der Waals surface area contributed by atoms with E-state index in [0.717, 1.165) is 11.3 Å². The molecule has 220 valence electrons. The number of ether oxygens (including phenoxy) is 2. The number of rotatable bonds is 9. The van der Waals surface area contributed by atoms with Crippen LogP contribution in [0.3, 0.4) is 0 Å². The van der Waals surface area contributed by atoms with Crippen LogP contribution in [0.25, 0.3) is 0 Å². The molecule has 0 unspecified atom stereocenters. The molecule has 9 nitrogen and oxygen atoms in total. The number of anilines is 1. The fourth-order valence-corrected chi connectivity index (χ4v) is 5.82. The number of carbonyl (C=O) groups excluding carboxylic acids is 3. The fourth-order valence-electron chi connectivity index (χ4n) is 5.82. The molecule has 1 N–H and O–H groups in total.